The van der Waals surface area contributed by atoms with Gasteiger partial charge in [0, 0.05) is 13.7 Å². The van der Waals surface area contributed by atoms with Crippen LogP contribution in [-0.2, 0) is 4.74 Å². The summed E-state index contributed by atoms with van der Waals surface area (Å²) in [4.78, 5) is 2.25. The summed E-state index contributed by atoms with van der Waals surface area (Å²) in [6, 6.07) is 0.139. The van der Waals surface area contributed by atoms with Crippen molar-refractivity contribution in [1.29, 1.82) is 0 Å². The minimum Gasteiger partial charge on any atom is -0.380 e. The molecule has 13 heavy (non-hydrogen) atoms. The number of halogens is 1. The summed E-state index contributed by atoms with van der Waals surface area (Å²) >= 11 is 0. The largest absolute Gasteiger partial charge is 0.380 e. The molecule has 1 rings (SSSR count). The molecule has 0 aliphatic carbocycles. The van der Waals surface area contributed by atoms with E-state index in [1.54, 1.807) is 7.11 Å². The van der Waals surface area contributed by atoms with Crippen LogP contribution >= 0.6 is 0 Å². The first-order chi connectivity index (χ1) is 6.24. The lowest BCUT2D eigenvalue weighted by Crippen LogP contribution is -2.39. The third-order valence-electron chi connectivity index (χ3n) is 2.82. The lowest BCUT2D eigenvalue weighted by molar-refractivity contribution is 0.0570. The van der Waals surface area contributed by atoms with Crippen LogP contribution in [0.4, 0.5) is 4.39 Å². The Labute approximate surface area is 79.4 Å². The third kappa shape index (κ3) is 2.09. The lowest BCUT2D eigenvalue weighted by Gasteiger charge is -2.27. The van der Waals surface area contributed by atoms with Crippen LogP contribution in [0.5, 0.6) is 0 Å². The molecule has 1 fully saturated rings. The zero-order valence-corrected chi connectivity index (χ0v) is 8.59. The molecule has 76 valence electrons. The van der Waals surface area contributed by atoms with Crippen LogP contribution < -0.4 is 0 Å². The van der Waals surface area contributed by atoms with Gasteiger partial charge < -0.3 is 4.74 Å². The Balaban J connectivity index is 2.73. The Morgan fingerprint density at radius 1 is 1.77 bits per heavy atom. The number of methoxy groups -OCH3 is 1. The zero-order chi connectivity index (χ0) is 9.84. The van der Waals surface area contributed by atoms with E-state index in [0.29, 0.717) is 0 Å². The molecule has 0 aromatic rings. The average molecular weight is 187 g/mol. The van der Waals surface area contributed by atoms with E-state index in [9.17, 15) is 4.39 Å². The van der Waals surface area contributed by atoms with Crippen molar-refractivity contribution in [2.45, 2.75) is 32.4 Å². The van der Waals surface area contributed by atoms with Gasteiger partial charge in [-0.05, 0) is 25.5 Å². The van der Waals surface area contributed by atoms with Crippen LogP contribution in [0.3, 0.4) is 0 Å². The number of rotatable bonds is 3. The molecule has 0 aromatic carbocycles. The van der Waals surface area contributed by atoms with E-state index in [1.807, 2.05) is 6.92 Å². The smallest absolute Gasteiger partial charge is 0.0876 e. The van der Waals surface area contributed by atoms with Gasteiger partial charge in [-0.3, -0.25) is 4.90 Å². The van der Waals surface area contributed by atoms with Gasteiger partial charge in [-0.25, -0.2) is 4.39 Å². The molecule has 0 N–H and O–H groups in total. The maximum atomic E-state index is 12.5. The predicted octanol–water partition coefficient (Wildman–Crippen LogP) is 1.97. The van der Waals surface area contributed by atoms with E-state index in [0.717, 1.165) is 31.4 Å². The Bertz CT molecular complexity index is 193. The molecule has 2 unspecified atom stereocenters. The molecular weight excluding hydrogens is 169 g/mol. The summed E-state index contributed by atoms with van der Waals surface area (Å²) in [6.07, 6.45) is 1.66. The number of nitrogens with zero attached hydrogens (tertiary/aromatic N) is 1. The third-order valence-corrected chi connectivity index (χ3v) is 2.82. The Kier molecular flexibility index (Phi) is 3.88. The quantitative estimate of drug-likeness (QED) is 0.669. The van der Waals surface area contributed by atoms with Gasteiger partial charge in [-0.2, -0.15) is 0 Å². The monoisotopic (exact) mass is 187 g/mol. The summed E-state index contributed by atoms with van der Waals surface area (Å²) in [7, 11) is 1.67. The number of ether oxygens (including phenoxy) is 1. The first-order valence-corrected chi connectivity index (χ1v) is 4.80. The maximum absolute atomic E-state index is 12.5. The Morgan fingerprint density at radius 3 is 2.92 bits per heavy atom. The van der Waals surface area contributed by atoms with Crippen molar-refractivity contribution in [2.75, 3.05) is 20.2 Å². The highest BCUT2D eigenvalue weighted by Gasteiger charge is 2.32. The van der Waals surface area contributed by atoms with Crippen LogP contribution in [0.15, 0.2) is 11.9 Å². The number of hydrogen-bond donors (Lipinski definition) is 0. The second-order valence-electron chi connectivity index (χ2n) is 3.45. The molecule has 1 saturated heterocycles. The topological polar surface area (TPSA) is 12.5 Å². The summed E-state index contributed by atoms with van der Waals surface area (Å²) in [5, 5.41) is 0. The first kappa shape index (κ1) is 10.7. The minimum atomic E-state index is 0.0736. The van der Waals surface area contributed by atoms with Gasteiger partial charge in [0.2, 0.25) is 0 Å². The van der Waals surface area contributed by atoms with Gasteiger partial charge in [0.15, 0.2) is 0 Å². The van der Waals surface area contributed by atoms with Crippen LogP contribution in [0.25, 0.3) is 0 Å². The molecule has 1 heterocycles. The molecule has 3 heteroatoms. The molecule has 0 bridgehead atoms. The van der Waals surface area contributed by atoms with Gasteiger partial charge in [0.25, 0.3) is 0 Å². The maximum Gasteiger partial charge on any atom is 0.0876 e. The van der Waals surface area contributed by atoms with E-state index in [2.05, 4.69) is 11.8 Å². The van der Waals surface area contributed by atoms with Gasteiger partial charge in [-0.1, -0.05) is 6.92 Å². The fourth-order valence-electron chi connectivity index (χ4n) is 2.00. The number of hydrogen-bond acceptors (Lipinski definition) is 2. The molecule has 0 amide bonds. The number of likely N-dealkylation sites (tertiary alicyclic amines) is 1. The van der Waals surface area contributed by atoms with Gasteiger partial charge in [-0.15, -0.1) is 0 Å². The van der Waals surface area contributed by atoms with E-state index in [4.69, 9.17) is 4.74 Å². The SMILES string of the molecule is CCN1CC/C(=C/F)C1C(C)OC. The molecular formula is C10H18FNO. The van der Waals surface area contributed by atoms with Crippen LogP contribution in [0.2, 0.25) is 0 Å². The van der Waals surface area contributed by atoms with Crippen LogP contribution in [0, 0.1) is 0 Å². The fourth-order valence-corrected chi connectivity index (χ4v) is 2.00. The molecule has 0 spiro atoms. The second-order valence-corrected chi connectivity index (χ2v) is 3.45. The summed E-state index contributed by atoms with van der Waals surface area (Å²) in [5.74, 6) is 0. The van der Waals surface area contributed by atoms with Crippen molar-refractivity contribution in [3.63, 3.8) is 0 Å². The highest BCUT2D eigenvalue weighted by atomic mass is 19.1. The molecule has 0 aromatic heterocycles. The Morgan fingerprint density at radius 2 is 2.46 bits per heavy atom. The van der Waals surface area contributed by atoms with Crippen molar-refractivity contribution < 1.29 is 9.13 Å². The Hall–Kier alpha value is -0.410. The average Bonchev–Trinajstić information content (AvgIpc) is 2.59. The van der Waals surface area contributed by atoms with Crippen molar-refractivity contribution in [3.8, 4) is 0 Å². The van der Waals surface area contributed by atoms with E-state index >= 15 is 0 Å². The second kappa shape index (κ2) is 4.72. The van der Waals surface area contributed by atoms with Gasteiger partial charge in [0.05, 0.1) is 18.5 Å². The van der Waals surface area contributed by atoms with Gasteiger partial charge >= 0.3 is 0 Å². The first-order valence-electron chi connectivity index (χ1n) is 4.80. The highest BCUT2D eigenvalue weighted by molar-refractivity contribution is 5.16. The molecule has 0 radical (unpaired) electrons. The summed E-state index contributed by atoms with van der Waals surface area (Å²) in [5.41, 5.74) is 0.871. The van der Waals surface area contributed by atoms with E-state index in [-0.39, 0.29) is 12.1 Å². The van der Waals surface area contributed by atoms with Gasteiger partial charge in [0.1, 0.15) is 0 Å². The zero-order valence-electron chi connectivity index (χ0n) is 8.59. The number of likely N-dealkylation sites (N-methyl/N-ethyl adjacent to an activating group) is 1. The van der Waals surface area contributed by atoms with Crippen molar-refractivity contribution in [1.82, 2.24) is 4.90 Å². The van der Waals surface area contributed by atoms with Crippen molar-refractivity contribution >= 4 is 0 Å². The highest BCUT2D eigenvalue weighted by Crippen LogP contribution is 2.26. The predicted molar refractivity (Wildman–Crippen MR) is 51.3 cm³/mol. The normalized spacial score (nSPS) is 29.8. The molecule has 2 atom stereocenters. The molecule has 1 aliphatic rings. The summed E-state index contributed by atoms with van der Waals surface area (Å²) < 4.78 is 17.8. The molecule has 0 saturated carbocycles. The summed E-state index contributed by atoms with van der Waals surface area (Å²) in [6.45, 7) is 5.99. The van der Waals surface area contributed by atoms with Crippen molar-refractivity contribution in [3.05, 3.63) is 11.9 Å². The van der Waals surface area contributed by atoms with E-state index < -0.39 is 0 Å². The van der Waals surface area contributed by atoms with Crippen LogP contribution in [0.1, 0.15) is 20.3 Å². The minimum absolute atomic E-state index is 0.0736. The molecule has 1 aliphatic heterocycles. The van der Waals surface area contributed by atoms with Crippen molar-refractivity contribution in [2.24, 2.45) is 0 Å². The molecule has 2 nitrogen and oxygen atoms in total. The standard InChI is InChI=1S/C10H18FNO/c1-4-12-6-5-9(7-11)10(12)8(2)13-3/h7-8,10H,4-6H2,1-3H3/b9-7-. The van der Waals surface area contributed by atoms with E-state index in [1.165, 1.54) is 0 Å². The fraction of sp³-hybridized carbons (Fsp3) is 0.800. The van der Waals surface area contributed by atoms with Crippen LogP contribution in [-0.4, -0.2) is 37.2 Å². The lowest BCUT2D eigenvalue weighted by atomic mass is 10.1.